The number of hydrogen-bond acceptors (Lipinski definition) is 4. The number of carbonyl (C=O) groups excluding carboxylic acids is 1. The number of carbonyl (C=O) groups is 1. The fourth-order valence-electron chi connectivity index (χ4n) is 1.57. The molecule has 16 heavy (non-hydrogen) atoms. The molecule has 1 aromatic rings. The van der Waals surface area contributed by atoms with Gasteiger partial charge in [-0.2, -0.15) is 5.10 Å². The third kappa shape index (κ3) is 2.66. The Balaban J connectivity index is 1.87. The van der Waals surface area contributed by atoms with E-state index >= 15 is 0 Å². The fourth-order valence-corrected chi connectivity index (χ4v) is 1.57. The summed E-state index contributed by atoms with van der Waals surface area (Å²) in [6, 6.07) is 2.66. The van der Waals surface area contributed by atoms with Gasteiger partial charge in [0.1, 0.15) is 5.69 Å². The van der Waals surface area contributed by atoms with Crippen molar-refractivity contribution in [3.63, 3.8) is 0 Å². The Morgan fingerprint density at radius 3 is 3.12 bits per heavy atom. The second-order valence-corrected chi connectivity index (χ2v) is 3.65. The first kappa shape index (κ1) is 10.8. The Morgan fingerprint density at radius 2 is 2.50 bits per heavy atom. The average Bonchev–Trinajstić information content (AvgIpc) is 2.80. The number of nitrogens with zero attached hydrogens (tertiary/aromatic N) is 1. The number of rotatable bonds is 3. The van der Waals surface area contributed by atoms with Gasteiger partial charge in [-0.05, 0) is 18.9 Å². The van der Waals surface area contributed by atoms with Gasteiger partial charge < -0.3 is 10.1 Å². The lowest BCUT2D eigenvalue weighted by Gasteiger charge is -2.09. The Hall–Kier alpha value is -1.69. The molecule has 1 unspecified atom stereocenters. The summed E-state index contributed by atoms with van der Waals surface area (Å²) in [6.45, 7) is 1.25. The molecule has 1 aromatic heterocycles. The van der Waals surface area contributed by atoms with E-state index in [1.165, 1.54) is 12.1 Å². The van der Waals surface area contributed by atoms with E-state index in [1.54, 1.807) is 0 Å². The van der Waals surface area contributed by atoms with Crippen molar-refractivity contribution in [3.05, 3.63) is 28.2 Å². The lowest BCUT2D eigenvalue weighted by molar-refractivity contribution is 0.0853. The zero-order valence-electron chi connectivity index (χ0n) is 8.73. The number of H-pyrrole nitrogens is 1. The van der Waals surface area contributed by atoms with E-state index in [1.807, 2.05) is 0 Å². The van der Waals surface area contributed by atoms with Crippen molar-refractivity contribution < 1.29 is 9.53 Å². The molecule has 1 aliphatic rings. The van der Waals surface area contributed by atoms with Crippen LogP contribution >= 0.6 is 0 Å². The largest absolute Gasteiger partial charge is 0.376 e. The Labute approximate surface area is 92.0 Å². The molecule has 2 rings (SSSR count). The monoisotopic (exact) mass is 223 g/mol. The van der Waals surface area contributed by atoms with E-state index in [9.17, 15) is 9.59 Å². The van der Waals surface area contributed by atoms with E-state index in [0.717, 1.165) is 19.4 Å². The standard InChI is InChI=1S/C10H13N3O3/c14-9-4-3-8(12-13-9)10(15)11-6-7-2-1-5-16-7/h3-4,7H,1-2,5-6H2,(H,11,15)(H,13,14). The summed E-state index contributed by atoms with van der Waals surface area (Å²) in [6.07, 6.45) is 2.11. The number of aromatic nitrogens is 2. The summed E-state index contributed by atoms with van der Waals surface area (Å²) in [5.41, 5.74) is -0.117. The zero-order valence-corrected chi connectivity index (χ0v) is 8.73. The molecule has 1 fully saturated rings. The van der Waals surface area contributed by atoms with Crippen LogP contribution in [0.4, 0.5) is 0 Å². The maximum Gasteiger partial charge on any atom is 0.271 e. The van der Waals surface area contributed by atoms with Gasteiger partial charge in [-0.25, -0.2) is 5.10 Å². The number of amides is 1. The molecule has 6 nitrogen and oxygen atoms in total. The lowest BCUT2D eigenvalue weighted by atomic mass is 10.2. The maximum atomic E-state index is 11.6. The van der Waals surface area contributed by atoms with Gasteiger partial charge in [0, 0.05) is 19.2 Å². The minimum Gasteiger partial charge on any atom is -0.376 e. The van der Waals surface area contributed by atoms with E-state index in [-0.39, 0.29) is 23.3 Å². The predicted molar refractivity (Wildman–Crippen MR) is 56.2 cm³/mol. The van der Waals surface area contributed by atoms with Crippen molar-refractivity contribution in [1.29, 1.82) is 0 Å². The fraction of sp³-hybridized carbons (Fsp3) is 0.500. The van der Waals surface area contributed by atoms with Crippen molar-refractivity contribution in [2.45, 2.75) is 18.9 Å². The quantitative estimate of drug-likeness (QED) is 0.735. The number of nitrogens with one attached hydrogen (secondary N) is 2. The topological polar surface area (TPSA) is 84.1 Å². The van der Waals surface area contributed by atoms with Crippen molar-refractivity contribution in [1.82, 2.24) is 15.5 Å². The highest BCUT2D eigenvalue weighted by Crippen LogP contribution is 2.10. The summed E-state index contributed by atoms with van der Waals surface area (Å²) >= 11 is 0. The van der Waals surface area contributed by atoms with Crippen molar-refractivity contribution in [2.75, 3.05) is 13.2 Å². The number of ether oxygens (including phenoxy) is 1. The van der Waals surface area contributed by atoms with Gasteiger partial charge in [-0.1, -0.05) is 0 Å². The molecule has 6 heteroatoms. The average molecular weight is 223 g/mol. The van der Waals surface area contributed by atoms with Crippen molar-refractivity contribution in [3.8, 4) is 0 Å². The van der Waals surface area contributed by atoms with Crippen LogP contribution < -0.4 is 10.9 Å². The summed E-state index contributed by atoms with van der Waals surface area (Å²) < 4.78 is 5.37. The Bertz CT molecular complexity index is 403. The molecule has 2 heterocycles. The van der Waals surface area contributed by atoms with Gasteiger partial charge in [-0.3, -0.25) is 9.59 Å². The summed E-state index contributed by atoms with van der Waals surface area (Å²) in [5.74, 6) is -0.299. The van der Waals surface area contributed by atoms with Crippen LogP contribution in [0.5, 0.6) is 0 Å². The van der Waals surface area contributed by atoms with Crippen LogP contribution in [0, 0.1) is 0 Å². The minimum atomic E-state index is -0.323. The molecule has 0 spiro atoms. The van der Waals surface area contributed by atoms with Crippen LogP contribution in [0.25, 0.3) is 0 Å². The van der Waals surface area contributed by atoms with Crippen molar-refractivity contribution >= 4 is 5.91 Å². The first-order valence-corrected chi connectivity index (χ1v) is 5.21. The molecule has 0 saturated carbocycles. The molecule has 0 bridgehead atoms. The first-order chi connectivity index (χ1) is 7.75. The maximum absolute atomic E-state index is 11.6. The second-order valence-electron chi connectivity index (χ2n) is 3.65. The Kier molecular flexibility index (Phi) is 3.31. The van der Waals surface area contributed by atoms with E-state index in [4.69, 9.17) is 4.74 Å². The van der Waals surface area contributed by atoms with Crippen LogP contribution in [0.2, 0.25) is 0 Å². The second kappa shape index (κ2) is 4.89. The third-order valence-electron chi connectivity index (χ3n) is 2.43. The van der Waals surface area contributed by atoms with Crippen LogP contribution in [0.3, 0.4) is 0 Å². The molecule has 1 atom stereocenters. The summed E-state index contributed by atoms with van der Waals surface area (Å²) in [5, 5.41) is 8.56. The molecule has 0 aliphatic carbocycles. The number of hydrogen-bond donors (Lipinski definition) is 2. The van der Waals surface area contributed by atoms with Crippen LogP contribution in [-0.2, 0) is 4.74 Å². The number of aromatic amines is 1. The van der Waals surface area contributed by atoms with Gasteiger partial charge in [-0.15, -0.1) is 0 Å². The highest BCUT2D eigenvalue weighted by Gasteiger charge is 2.16. The molecule has 0 radical (unpaired) electrons. The molecule has 2 N–H and O–H groups in total. The van der Waals surface area contributed by atoms with Crippen LogP contribution in [-0.4, -0.2) is 35.4 Å². The first-order valence-electron chi connectivity index (χ1n) is 5.21. The highest BCUT2D eigenvalue weighted by atomic mass is 16.5. The van der Waals surface area contributed by atoms with Gasteiger partial charge >= 0.3 is 0 Å². The van der Waals surface area contributed by atoms with Gasteiger partial charge in [0.25, 0.3) is 11.5 Å². The van der Waals surface area contributed by atoms with Gasteiger partial charge in [0.15, 0.2) is 0 Å². The minimum absolute atomic E-state index is 0.103. The smallest absolute Gasteiger partial charge is 0.271 e. The molecule has 0 aromatic carbocycles. The normalized spacial score (nSPS) is 19.6. The van der Waals surface area contributed by atoms with Gasteiger partial charge in [0.05, 0.1) is 6.10 Å². The molecule has 1 amide bonds. The summed E-state index contributed by atoms with van der Waals surface area (Å²) in [7, 11) is 0. The van der Waals surface area contributed by atoms with E-state index in [2.05, 4.69) is 15.5 Å². The molecule has 1 aliphatic heterocycles. The highest BCUT2D eigenvalue weighted by molar-refractivity contribution is 5.91. The summed E-state index contributed by atoms with van der Waals surface area (Å²) in [4.78, 5) is 22.3. The predicted octanol–water partition coefficient (Wildman–Crippen LogP) is -0.321. The molecular formula is C10H13N3O3. The SMILES string of the molecule is O=C(NCC1CCCO1)c1ccc(=O)[nH]n1. The zero-order chi connectivity index (χ0) is 11.4. The molecule has 86 valence electrons. The van der Waals surface area contributed by atoms with E-state index in [0.29, 0.717) is 6.54 Å². The van der Waals surface area contributed by atoms with Gasteiger partial charge in [0.2, 0.25) is 0 Å². The van der Waals surface area contributed by atoms with E-state index < -0.39 is 0 Å². The molecular weight excluding hydrogens is 210 g/mol. The third-order valence-corrected chi connectivity index (χ3v) is 2.43. The Morgan fingerprint density at radius 1 is 1.62 bits per heavy atom. The lowest BCUT2D eigenvalue weighted by Crippen LogP contribution is -2.32. The van der Waals surface area contributed by atoms with Crippen molar-refractivity contribution in [2.24, 2.45) is 0 Å². The van der Waals surface area contributed by atoms with Crippen LogP contribution in [0.15, 0.2) is 16.9 Å². The van der Waals surface area contributed by atoms with Crippen LogP contribution in [0.1, 0.15) is 23.3 Å². The molecule has 1 saturated heterocycles.